The first-order valence-electron chi connectivity index (χ1n) is 34.2. The molecule has 9 N–H and O–H groups in total. The topological polar surface area (TPSA) is 296 Å². The number of rotatable bonds is 42. The van der Waals surface area contributed by atoms with Crippen LogP contribution in [0.2, 0.25) is 0 Å². The molecule has 0 fully saturated rings. The molecular weight excluding hydrogens is 1280 g/mol. The maximum absolute atomic E-state index is 15.3. The Balaban J connectivity index is 1.33. The van der Waals surface area contributed by atoms with E-state index in [0.29, 0.717) is 66.6 Å². The quantitative estimate of drug-likeness (QED) is 0.0252. The Morgan fingerprint density at radius 2 is 0.620 bits per heavy atom. The lowest BCUT2D eigenvalue weighted by Crippen LogP contribution is -2.53. The Morgan fingerprint density at radius 1 is 0.340 bits per heavy atom. The molecule has 0 heterocycles. The van der Waals surface area contributed by atoms with E-state index in [0.717, 1.165) is 18.4 Å². The van der Waals surface area contributed by atoms with E-state index in [9.17, 15) is 23.2 Å². The van der Waals surface area contributed by atoms with Crippen LogP contribution in [0.15, 0.2) is 170 Å². The molecular formula is C76H99F2N13O9. The van der Waals surface area contributed by atoms with Crippen LogP contribution < -0.4 is 28.3 Å². The fourth-order valence-electron chi connectivity index (χ4n) is 11.6. The van der Waals surface area contributed by atoms with Gasteiger partial charge in [-0.15, -0.1) is 0 Å². The number of carbonyl (C=O) groups excluding carboxylic acids is 9. The molecule has 6 rings (SSSR count). The number of nitrogens with zero attached hydrogens (tertiary/aromatic N) is 8. The largest absolute Gasteiger partial charge is 0.368 e. The van der Waals surface area contributed by atoms with E-state index < -0.39 is 135 Å². The van der Waals surface area contributed by atoms with Crippen LogP contribution in [-0.2, 0) is 56.2 Å². The van der Waals surface area contributed by atoms with Crippen molar-refractivity contribution >= 4 is 53.2 Å². The van der Waals surface area contributed by atoms with E-state index in [1.807, 2.05) is 61.5 Å². The fraction of sp³-hybridized carbons (Fsp3) is 0.408. The zero-order chi connectivity index (χ0) is 72.5. The van der Waals surface area contributed by atoms with E-state index in [4.69, 9.17) is 22.9 Å². The van der Waals surface area contributed by atoms with Gasteiger partial charge in [-0.1, -0.05) is 146 Å². The van der Waals surface area contributed by atoms with Crippen molar-refractivity contribution in [3.05, 3.63) is 215 Å². The lowest BCUT2D eigenvalue weighted by atomic mass is 10.1. The monoisotopic (exact) mass is 1380 g/mol. The minimum Gasteiger partial charge on any atom is -0.368 e. The Morgan fingerprint density at radius 3 is 0.970 bits per heavy atom. The van der Waals surface area contributed by atoms with Crippen LogP contribution in [0, 0.1) is 11.6 Å². The highest BCUT2D eigenvalue weighted by Crippen LogP contribution is 2.27. The van der Waals surface area contributed by atoms with Crippen molar-refractivity contribution in [2.45, 2.75) is 103 Å². The lowest BCUT2D eigenvalue weighted by Gasteiger charge is -2.36. The second-order valence-electron chi connectivity index (χ2n) is 24.9. The summed E-state index contributed by atoms with van der Waals surface area (Å²) in [6.07, 6.45) is 3.04. The first-order valence-corrected chi connectivity index (χ1v) is 34.2. The van der Waals surface area contributed by atoms with Crippen molar-refractivity contribution in [2.24, 2.45) is 22.9 Å². The van der Waals surface area contributed by atoms with Gasteiger partial charge in [0.1, 0.15) is 44.4 Å². The van der Waals surface area contributed by atoms with E-state index in [-0.39, 0.29) is 51.7 Å². The van der Waals surface area contributed by atoms with Crippen LogP contribution in [-0.4, -0.2) is 191 Å². The lowest BCUT2D eigenvalue weighted by molar-refractivity contribution is -0.150. The number of hydrogen-bond donors (Lipinski definition) is 5. The van der Waals surface area contributed by atoms with Crippen LogP contribution in [0.3, 0.4) is 0 Å². The van der Waals surface area contributed by atoms with E-state index in [1.54, 1.807) is 87.5 Å². The third kappa shape index (κ3) is 25.2. The van der Waals surface area contributed by atoms with Gasteiger partial charge in [0.15, 0.2) is 0 Å². The number of nitrogens with two attached hydrogens (primary N) is 4. The predicted octanol–water partition coefficient (Wildman–Crippen LogP) is 6.63. The summed E-state index contributed by atoms with van der Waals surface area (Å²) in [7, 11) is 0. The molecule has 0 radical (unpaired) electrons. The van der Waals surface area contributed by atoms with E-state index in [2.05, 4.69) is 5.32 Å². The summed E-state index contributed by atoms with van der Waals surface area (Å²) in [4.78, 5) is 143. The number of unbranched alkanes of at least 4 members (excludes halogenated alkanes) is 3. The van der Waals surface area contributed by atoms with Gasteiger partial charge in [0.25, 0.3) is 0 Å². The van der Waals surface area contributed by atoms with Crippen LogP contribution in [0.5, 0.6) is 0 Å². The van der Waals surface area contributed by atoms with Gasteiger partial charge in [-0.2, -0.15) is 0 Å². The molecule has 4 atom stereocenters. The van der Waals surface area contributed by atoms with Crippen molar-refractivity contribution < 1.29 is 51.9 Å². The Kier molecular flexibility index (Phi) is 33.0. The number of amides is 9. The molecule has 0 bridgehead atoms. The third-order valence-electron chi connectivity index (χ3n) is 17.7. The number of benzene rings is 6. The highest BCUT2D eigenvalue weighted by Gasteiger charge is 2.35. The molecule has 0 spiro atoms. The van der Waals surface area contributed by atoms with Gasteiger partial charge in [-0.05, 0) is 150 Å². The second kappa shape index (κ2) is 41.6. The molecule has 9 amide bonds. The summed E-state index contributed by atoms with van der Waals surface area (Å²) in [5.74, 6) is -6.92. The molecule has 6 aromatic carbocycles. The average Bonchev–Trinajstić information content (AvgIpc) is 0.835. The van der Waals surface area contributed by atoms with E-state index >= 15 is 28.8 Å². The molecule has 0 aromatic heterocycles. The van der Waals surface area contributed by atoms with Crippen molar-refractivity contribution in [2.75, 3.05) is 98.2 Å². The molecule has 22 nitrogen and oxygen atoms in total. The minimum absolute atomic E-state index is 0.00854. The van der Waals surface area contributed by atoms with Crippen molar-refractivity contribution in [1.82, 2.24) is 44.5 Å². The molecule has 0 aliphatic carbocycles. The van der Waals surface area contributed by atoms with Gasteiger partial charge in [0.05, 0.1) is 50.3 Å². The van der Waals surface area contributed by atoms with Crippen molar-refractivity contribution in [1.29, 1.82) is 0 Å². The molecule has 6 aromatic rings. The summed E-state index contributed by atoms with van der Waals surface area (Å²) in [6, 6.07) is 44.1. The molecule has 0 aliphatic heterocycles. The fourth-order valence-corrected chi connectivity index (χ4v) is 11.6. The van der Waals surface area contributed by atoms with E-state index in [1.165, 1.54) is 87.7 Å². The SMILES string of the molecule is C[C@H](c1ccccc1)N(CC(=O)N(CCCCN)CC(=O)N(CC(=O)N(CC(=O)N(CCCCN)CC(=O)N(CC(=O)N(CC(N)=O)[C@@H](C)c1ccccc1)[C@@H](C)c1ccccc1)Cc1ccc(F)cc1)Cc1ccc(F)cc1)C(=O)CN(C(=O)CNCCCCN)[C@@H](C)c1ccccc1. The molecule has 100 heavy (non-hydrogen) atoms. The maximum atomic E-state index is 15.3. The Labute approximate surface area is 586 Å². The molecule has 0 saturated heterocycles. The highest BCUT2D eigenvalue weighted by atomic mass is 19.1. The van der Waals surface area contributed by atoms with Gasteiger partial charge in [-0.3, -0.25) is 43.2 Å². The smallest absolute Gasteiger partial charge is 0.243 e. The molecule has 0 unspecified atom stereocenters. The minimum atomic E-state index is -0.780. The first kappa shape index (κ1) is 79.2. The van der Waals surface area contributed by atoms with Gasteiger partial charge in [-0.25, -0.2) is 8.78 Å². The average molecular weight is 1380 g/mol. The molecule has 536 valence electrons. The standard InChI is InChI=1S/C76H99F2N13O9/c1-56(62-23-9-5-10-24-62)88(48-68(82)92)75(99)55-91(59(4)65-29-15-8-16-30-65)74(98)52-85(44-22-19-41-81)70(94)50-86(46-60-31-35-66(77)36-32-60)72(96)51-87(47-61-33-37-67(78)38-34-61)71(95)49-84(43-21-18-40-80)73(97)53-90(58(3)64-27-13-7-14-28-64)76(100)54-89(57(2)63-25-11-6-12-26-63)69(93)45-83-42-20-17-39-79/h5-16,23-38,56-59,83H,17-22,39-55,79-81H2,1-4H3,(H2,82,92)/t56-,57-,58+,59-/m0/s1. The summed E-state index contributed by atoms with van der Waals surface area (Å²) in [5.41, 5.74) is 27.0. The predicted molar refractivity (Wildman–Crippen MR) is 380 cm³/mol. The number of hydrogen-bond acceptors (Lipinski definition) is 13. The highest BCUT2D eigenvalue weighted by molar-refractivity contribution is 5.94. The van der Waals surface area contributed by atoms with Gasteiger partial charge in [0, 0.05) is 26.2 Å². The maximum Gasteiger partial charge on any atom is 0.243 e. The molecule has 0 saturated carbocycles. The number of primary amides is 1. The zero-order valence-corrected chi connectivity index (χ0v) is 58.1. The number of halogens is 2. The van der Waals surface area contributed by atoms with Gasteiger partial charge in [0.2, 0.25) is 53.2 Å². The Bertz CT molecular complexity index is 3550. The summed E-state index contributed by atoms with van der Waals surface area (Å²) in [6.45, 7) is 3.39. The first-order chi connectivity index (χ1) is 48.1. The number of carbonyl (C=O) groups is 9. The number of nitrogens with one attached hydrogen (secondary N) is 1. The molecule has 0 aliphatic rings. The van der Waals surface area contributed by atoms with Crippen LogP contribution in [0.4, 0.5) is 8.78 Å². The van der Waals surface area contributed by atoms with Gasteiger partial charge >= 0.3 is 0 Å². The zero-order valence-electron chi connectivity index (χ0n) is 58.1. The van der Waals surface area contributed by atoms with Crippen LogP contribution in [0.25, 0.3) is 0 Å². The van der Waals surface area contributed by atoms with Crippen molar-refractivity contribution in [3.8, 4) is 0 Å². The second-order valence-corrected chi connectivity index (χ2v) is 24.9. The third-order valence-corrected chi connectivity index (χ3v) is 17.7. The molecule has 24 heteroatoms. The summed E-state index contributed by atoms with van der Waals surface area (Å²) in [5, 5.41) is 3.18. The Hall–Kier alpha value is -9.75. The summed E-state index contributed by atoms with van der Waals surface area (Å²) >= 11 is 0. The summed E-state index contributed by atoms with van der Waals surface area (Å²) < 4.78 is 29.1. The van der Waals surface area contributed by atoms with Crippen LogP contribution in [0.1, 0.15) is 124 Å². The van der Waals surface area contributed by atoms with Crippen LogP contribution >= 0.6 is 0 Å². The van der Waals surface area contributed by atoms with Gasteiger partial charge < -0.3 is 67.5 Å². The normalized spacial score (nSPS) is 12.2. The van der Waals surface area contributed by atoms with Crippen molar-refractivity contribution in [3.63, 3.8) is 0 Å².